The standard InChI is InChI=1S/C18H24N2O3/c1-13-9-5-4-8-12-19-17(21)14(2)20(3)18(22)15-10-6-7-11-16(15)23-13/h4-7,10-11,13-14H,8-9,12H2,1-3H3,(H,19,21)/b5-4+/t13-,14-/m0/s1. The minimum atomic E-state index is -0.542. The molecule has 0 radical (unpaired) electrons. The summed E-state index contributed by atoms with van der Waals surface area (Å²) >= 11 is 0. The summed E-state index contributed by atoms with van der Waals surface area (Å²) in [6.45, 7) is 4.26. The Balaban J connectivity index is 2.32. The second-order valence-corrected chi connectivity index (χ2v) is 5.80. The van der Waals surface area contributed by atoms with Crippen molar-refractivity contribution in [2.24, 2.45) is 0 Å². The van der Waals surface area contributed by atoms with E-state index in [1.54, 1.807) is 32.2 Å². The molecule has 0 fully saturated rings. The fraction of sp³-hybridized carbons (Fsp3) is 0.444. The number of likely N-dealkylation sites (N-methyl/N-ethyl adjacent to an activating group) is 1. The Kier molecular flexibility index (Phi) is 5.79. The van der Waals surface area contributed by atoms with Gasteiger partial charge < -0.3 is 15.0 Å². The van der Waals surface area contributed by atoms with Crippen LogP contribution < -0.4 is 10.1 Å². The van der Waals surface area contributed by atoms with Crippen LogP contribution in [0, 0.1) is 0 Å². The first-order chi connectivity index (χ1) is 11.0. The Hall–Kier alpha value is -2.30. The lowest BCUT2D eigenvalue weighted by molar-refractivity contribution is -0.124. The third-order valence-corrected chi connectivity index (χ3v) is 3.97. The zero-order valence-corrected chi connectivity index (χ0v) is 13.9. The Morgan fingerprint density at radius 3 is 2.70 bits per heavy atom. The normalized spacial score (nSPS) is 24.9. The monoisotopic (exact) mass is 316 g/mol. The highest BCUT2D eigenvalue weighted by Gasteiger charge is 2.25. The summed E-state index contributed by atoms with van der Waals surface area (Å²) in [5, 5.41) is 2.86. The number of rotatable bonds is 0. The van der Waals surface area contributed by atoms with E-state index in [1.165, 1.54) is 4.90 Å². The topological polar surface area (TPSA) is 58.6 Å². The van der Waals surface area contributed by atoms with Crippen LogP contribution in [0.5, 0.6) is 5.75 Å². The lowest BCUT2D eigenvalue weighted by Gasteiger charge is -2.26. The van der Waals surface area contributed by atoms with Crippen LogP contribution in [0.2, 0.25) is 0 Å². The number of ether oxygens (including phenoxy) is 1. The molecule has 1 N–H and O–H groups in total. The molecule has 0 bridgehead atoms. The molecule has 0 aliphatic carbocycles. The molecule has 0 saturated heterocycles. The Morgan fingerprint density at radius 2 is 1.91 bits per heavy atom. The summed E-state index contributed by atoms with van der Waals surface area (Å²) in [7, 11) is 1.64. The Bertz CT molecular complexity index is 598. The summed E-state index contributed by atoms with van der Waals surface area (Å²) in [6, 6.07) is 6.62. The highest BCUT2D eigenvalue weighted by atomic mass is 16.5. The van der Waals surface area contributed by atoms with Gasteiger partial charge in [-0.25, -0.2) is 0 Å². The maximum absolute atomic E-state index is 12.7. The van der Waals surface area contributed by atoms with Gasteiger partial charge in [0.15, 0.2) is 0 Å². The van der Waals surface area contributed by atoms with E-state index in [1.807, 2.05) is 25.1 Å². The number of nitrogens with one attached hydrogen (secondary N) is 1. The predicted molar refractivity (Wildman–Crippen MR) is 89.5 cm³/mol. The van der Waals surface area contributed by atoms with Crippen LogP contribution in [0.3, 0.4) is 0 Å². The Morgan fingerprint density at radius 1 is 1.17 bits per heavy atom. The molecular weight excluding hydrogens is 292 g/mol. The number of para-hydroxylation sites is 1. The second-order valence-electron chi connectivity index (χ2n) is 5.80. The van der Waals surface area contributed by atoms with Gasteiger partial charge in [0.2, 0.25) is 5.91 Å². The van der Waals surface area contributed by atoms with Crippen molar-refractivity contribution >= 4 is 11.8 Å². The minimum absolute atomic E-state index is 0.0274. The highest BCUT2D eigenvalue weighted by molar-refractivity contribution is 5.99. The van der Waals surface area contributed by atoms with Gasteiger partial charge in [-0.1, -0.05) is 24.3 Å². The number of hydrogen-bond acceptors (Lipinski definition) is 3. The molecule has 23 heavy (non-hydrogen) atoms. The number of fused-ring (bicyclic) bond motifs is 1. The molecule has 1 heterocycles. The number of carbonyl (C=O) groups excluding carboxylic acids is 2. The summed E-state index contributed by atoms with van der Waals surface area (Å²) in [6.07, 6.45) is 5.57. The van der Waals surface area contributed by atoms with Crippen LogP contribution in [0.15, 0.2) is 36.4 Å². The van der Waals surface area contributed by atoms with Crippen LogP contribution >= 0.6 is 0 Å². The van der Waals surface area contributed by atoms with E-state index in [9.17, 15) is 9.59 Å². The van der Waals surface area contributed by atoms with Crippen molar-refractivity contribution in [3.8, 4) is 5.75 Å². The van der Waals surface area contributed by atoms with E-state index < -0.39 is 6.04 Å². The summed E-state index contributed by atoms with van der Waals surface area (Å²) in [4.78, 5) is 26.3. The van der Waals surface area contributed by atoms with Gasteiger partial charge in [0.05, 0.1) is 11.7 Å². The van der Waals surface area contributed by atoms with Crippen molar-refractivity contribution in [3.63, 3.8) is 0 Å². The maximum Gasteiger partial charge on any atom is 0.258 e. The van der Waals surface area contributed by atoms with E-state index in [0.29, 0.717) is 17.9 Å². The van der Waals surface area contributed by atoms with E-state index in [-0.39, 0.29) is 17.9 Å². The molecule has 0 spiro atoms. The van der Waals surface area contributed by atoms with Crippen molar-refractivity contribution in [1.82, 2.24) is 10.2 Å². The van der Waals surface area contributed by atoms with Gasteiger partial charge in [-0.2, -0.15) is 0 Å². The average Bonchev–Trinajstić information content (AvgIpc) is 2.55. The first kappa shape index (κ1) is 17.1. The molecular formula is C18H24N2O3. The first-order valence-corrected chi connectivity index (χ1v) is 7.96. The predicted octanol–water partition coefficient (Wildman–Crippen LogP) is 2.38. The van der Waals surface area contributed by atoms with E-state index in [0.717, 1.165) is 12.8 Å². The molecule has 1 aliphatic heterocycles. The molecule has 0 unspecified atom stereocenters. The first-order valence-electron chi connectivity index (χ1n) is 7.96. The maximum atomic E-state index is 12.7. The SMILES string of the molecule is C[C@H]1C/C=C/CCNC(=O)[C@H](C)N(C)C(=O)c2ccccc2O1. The molecule has 2 amide bonds. The van der Waals surface area contributed by atoms with E-state index in [2.05, 4.69) is 5.32 Å². The van der Waals surface area contributed by atoms with Crippen molar-refractivity contribution in [2.75, 3.05) is 13.6 Å². The average molecular weight is 316 g/mol. The molecule has 1 aromatic rings. The third-order valence-electron chi connectivity index (χ3n) is 3.97. The number of benzene rings is 1. The number of hydrogen-bond donors (Lipinski definition) is 1. The molecule has 1 aromatic carbocycles. The molecule has 5 nitrogen and oxygen atoms in total. The summed E-state index contributed by atoms with van der Waals surface area (Å²) < 4.78 is 5.92. The molecule has 2 atom stereocenters. The molecule has 0 saturated carbocycles. The van der Waals surface area contributed by atoms with Gasteiger partial charge in [-0.05, 0) is 32.4 Å². The van der Waals surface area contributed by atoms with E-state index >= 15 is 0 Å². The molecule has 1 aliphatic rings. The van der Waals surface area contributed by atoms with Crippen LogP contribution in [0.4, 0.5) is 0 Å². The van der Waals surface area contributed by atoms with Crippen LogP contribution in [-0.4, -0.2) is 42.5 Å². The molecule has 2 rings (SSSR count). The summed E-state index contributed by atoms with van der Waals surface area (Å²) in [5.41, 5.74) is 0.475. The van der Waals surface area contributed by atoms with Gasteiger partial charge in [-0.15, -0.1) is 0 Å². The fourth-order valence-corrected chi connectivity index (χ4v) is 2.38. The van der Waals surface area contributed by atoms with Gasteiger partial charge in [0, 0.05) is 20.0 Å². The van der Waals surface area contributed by atoms with E-state index in [4.69, 9.17) is 4.74 Å². The van der Waals surface area contributed by atoms with Crippen LogP contribution in [0.25, 0.3) is 0 Å². The molecule has 124 valence electrons. The highest BCUT2D eigenvalue weighted by Crippen LogP contribution is 2.22. The lowest BCUT2D eigenvalue weighted by atomic mass is 10.1. The van der Waals surface area contributed by atoms with Gasteiger partial charge >= 0.3 is 0 Å². The van der Waals surface area contributed by atoms with Crippen molar-refractivity contribution in [1.29, 1.82) is 0 Å². The van der Waals surface area contributed by atoms with Crippen LogP contribution in [-0.2, 0) is 4.79 Å². The molecule has 5 heteroatoms. The minimum Gasteiger partial charge on any atom is -0.490 e. The largest absolute Gasteiger partial charge is 0.490 e. The van der Waals surface area contributed by atoms with Gasteiger partial charge in [-0.3, -0.25) is 9.59 Å². The Labute approximate surface area is 137 Å². The van der Waals surface area contributed by atoms with Crippen molar-refractivity contribution < 1.29 is 14.3 Å². The number of nitrogens with zero attached hydrogens (tertiary/aromatic N) is 1. The smallest absolute Gasteiger partial charge is 0.258 e. The number of amides is 2. The fourth-order valence-electron chi connectivity index (χ4n) is 2.38. The van der Waals surface area contributed by atoms with Gasteiger partial charge in [0.1, 0.15) is 11.8 Å². The second kappa shape index (κ2) is 7.81. The quantitative estimate of drug-likeness (QED) is 0.748. The zero-order valence-electron chi connectivity index (χ0n) is 13.9. The third kappa shape index (κ3) is 4.34. The van der Waals surface area contributed by atoms with Gasteiger partial charge in [0.25, 0.3) is 5.91 Å². The summed E-state index contributed by atoms with van der Waals surface area (Å²) in [5.74, 6) is 0.177. The lowest BCUT2D eigenvalue weighted by Crippen LogP contribution is -2.46. The van der Waals surface area contributed by atoms with Crippen molar-refractivity contribution in [3.05, 3.63) is 42.0 Å². The zero-order chi connectivity index (χ0) is 16.8. The van der Waals surface area contributed by atoms with Crippen LogP contribution in [0.1, 0.15) is 37.0 Å². The molecule has 0 aromatic heterocycles. The van der Waals surface area contributed by atoms with Crippen molar-refractivity contribution in [2.45, 2.75) is 38.8 Å². The number of carbonyl (C=O) groups is 2.